The monoisotopic (exact) mass is 368 g/mol. The summed E-state index contributed by atoms with van der Waals surface area (Å²) in [6.07, 6.45) is 3.34. The number of halogens is 1. The molecule has 0 fully saturated rings. The highest BCUT2D eigenvalue weighted by Gasteiger charge is 2.15. The molecule has 0 spiro atoms. The summed E-state index contributed by atoms with van der Waals surface area (Å²) in [4.78, 5) is 11.6. The molecule has 130 valence electrons. The zero-order chi connectivity index (χ0) is 18.1. The Morgan fingerprint density at radius 1 is 0.962 bits per heavy atom. The number of hydrogen-bond donors (Lipinski definition) is 2. The fraction of sp³-hybridized carbons (Fsp3) is 0. The first-order valence-corrected chi connectivity index (χ1v) is 9.18. The molecule has 0 radical (unpaired) electrons. The molecule has 0 saturated heterocycles. The number of nitrogens with one attached hydrogen (secondary N) is 2. The minimum absolute atomic E-state index is 0.0129. The summed E-state index contributed by atoms with van der Waals surface area (Å²) in [7, 11) is -3.80. The summed E-state index contributed by atoms with van der Waals surface area (Å²) < 4.78 is 40.3. The quantitative estimate of drug-likeness (QED) is 0.576. The topological polar surface area (TPSA) is 87.7 Å². The molecule has 2 aromatic heterocycles. The maximum Gasteiger partial charge on any atom is 0.261 e. The Bertz CT molecular complexity index is 1170. The van der Waals surface area contributed by atoms with Gasteiger partial charge in [0.2, 0.25) is 0 Å². The minimum Gasteiger partial charge on any atom is -0.338 e. The second-order valence-corrected chi connectivity index (χ2v) is 7.30. The predicted molar refractivity (Wildman–Crippen MR) is 96.5 cm³/mol. The molecule has 0 bridgehead atoms. The number of H-pyrrole nitrogens is 1. The van der Waals surface area contributed by atoms with Crippen LogP contribution in [0.1, 0.15) is 0 Å². The molecular formula is C18H13FN4O2S. The van der Waals surface area contributed by atoms with Crippen LogP contribution in [-0.2, 0) is 10.0 Å². The van der Waals surface area contributed by atoms with Gasteiger partial charge in [-0.25, -0.2) is 17.8 Å². The highest BCUT2D eigenvalue weighted by Crippen LogP contribution is 2.24. The van der Waals surface area contributed by atoms with Crippen LogP contribution in [0.3, 0.4) is 0 Å². The van der Waals surface area contributed by atoms with Crippen molar-refractivity contribution < 1.29 is 12.8 Å². The molecule has 0 unspecified atom stereocenters. The highest BCUT2D eigenvalue weighted by atomic mass is 32.2. The van der Waals surface area contributed by atoms with Gasteiger partial charge in [-0.1, -0.05) is 0 Å². The van der Waals surface area contributed by atoms with Gasteiger partial charge in [0.1, 0.15) is 11.6 Å². The number of imidazole rings is 1. The second-order valence-electron chi connectivity index (χ2n) is 5.61. The lowest BCUT2D eigenvalue weighted by Gasteiger charge is -2.08. The van der Waals surface area contributed by atoms with Crippen molar-refractivity contribution in [1.82, 2.24) is 15.0 Å². The molecule has 2 heterocycles. The van der Waals surface area contributed by atoms with Gasteiger partial charge in [0.15, 0.2) is 0 Å². The van der Waals surface area contributed by atoms with Crippen molar-refractivity contribution in [3.05, 3.63) is 72.8 Å². The number of aromatic nitrogens is 3. The lowest BCUT2D eigenvalue weighted by molar-refractivity contribution is 0.599. The SMILES string of the molecule is O=S(=O)(Nc1ccc2nc(-c3ccncc3)[nH]c2c1)c1ccc(F)cc1. The zero-order valence-corrected chi connectivity index (χ0v) is 14.2. The fourth-order valence-corrected chi connectivity index (χ4v) is 3.60. The first-order valence-electron chi connectivity index (χ1n) is 7.70. The van der Waals surface area contributed by atoms with Gasteiger partial charge in [-0.2, -0.15) is 0 Å². The summed E-state index contributed by atoms with van der Waals surface area (Å²) in [6, 6.07) is 13.3. The molecule has 0 aliphatic rings. The van der Waals surface area contributed by atoms with Crippen LogP contribution in [-0.4, -0.2) is 23.4 Å². The van der Waals surface area contributed by atoms with Gasteiger partial charge in [-0.05, 0) is 54.6 Å². The fourth-order valence-electron chi connectivity index (χ4n) is 2.55. The van der Waals surface area contributed by atoms with Crippen molar-refractivity contribution >= 4 is 26.7 Å². The van der Waals surface area contributed by atoms with Gasteiger partial charge in [-0.15, -0.1) is 0 Å². The van der Waals surface area contributed by atoms with Crippen LogP contribution >= 0.6 is 0 Å². The first kappa shape index (κ1) is 16.2. The molecule has 0 aliphatic heterocycles. The van der Waals surface area contributed by atoms with Gasteiger partial charge in [0.05, 0.1) is 21.6 Å². The van der Waals surface area contributed by atoms with E-state index in [1.807, 2.05) is 12.1 Å². The maximum atomic E-state index is 13.0. The molecule has 0 amide bonds. The van der Waals surface area contributed by atoms with Crippen LogP contribution in [0.2, 0.25) is 0 Å². The number of aromatic amines is 1. The summed E-state index contributed by atoms with van der Waals surface area (Å²) in [5.74, 6) is 0.174. The molecule has 6 nitrogen and oxygen atoms in total. The van der Waals surface area contributed by atoms with E-state index in [2.05, 4.69) is 19.7 Å². The largest absolute Gasteiger partial charge is 0.338 e. The number of benzene rings is 2. The number of rotatable bonds is 4. The minimum atomic E-state index is -3.80. The smallest absolute Gasteiger partial charge is 0.261 e. The molecule has 0 saturated carbocycles. The van der Waals surface area contributed by atoms with E-state index < -0.39 is 15.8 Å². The van der Waals surface area contributed by atoms with Crippen LogP contribution in [0.4, 0.5) is 10.1 Å². The maximum absolute atomic E-state index is 13.0. The van der Waals surface area contributed by atoms with E-state index in [1.165, 1.54) is 12.1 Å². The number of fused-ring (bicyclic) bond motifs is 1. The third-order valence-corrected chi connectivity index (χ3v) is 5.21. The van der Waals surface area contributed by atoms with Gasteiger partial charge in [0, 0.05) is 18.0 Å². The Labute approximate surface area is 148 Å². The molecule has 2 aromatic carbocycles. The van der Waals surface area contributed by atoms with Crippen molar-refractivity contribution in [2.24, 2.45) is 0 Å². The normalized spacial score (nSPS) is 11.6. The molecule has 4 aromatic rings. The average Bonchev–Trinajstić information content (AvgIpc) is 3.06. The summed E-state index contributed by atoms with van der Waals surface area (Å²) in [5, 5.41) is 0. The Morgan fingerprint density at radius 3 is 2.42 bits per heavy atom. The lowest BCUT2D eigenvalue weighted by atomic mass is 10.2. The Morgan fingerprint density at radius 2 is 1.69 bits per heavy atom. The summed E-state index contributed by atoms with van der Waals surface area (Å²) in [6.45, 7) is 0. The molecule has 8 heteroatoms. The van der Waals surface area contributed by atoms with Crippen LogP contribution in [0.25, 0.3) is 22.4 Å². The molecule has 4 rings (SSSR count). The third kappa shape index (κ3) is 3.14. The zero-order valence-electron chi connectivity index (χ0n) is 13.3. The number of pyridine rings is 1. The van der Waals surface area contributed by atoms with E-state index >= 15 is 0 Å². The van der Waals surface area contributed by atoms with Gasteiger partial charge in [-0.3, -0.25) is 9.71 Å². The van der Waals surface area contributed by atoms with Gasteiger partial charge < -0.3 is 4.98 Å². The first-order chi connectivity index (χ1) is 12.5. The van der Waals surface area contributed by atoms with Crippen LogP contribution in [0, 0.1) is 5.82 Å². The van der Waals surface area contributed by atoms with Crippen LogP contribution in [0.5, 0.6) is 0 Å². The van der Waals surface area contributed by atoms with Crippen molar-refractivity contribution in [1.29, 1.82) is 0 Å². The Hall–Kier alpha value is -3.26. The third-order valence-electron chi connectivity index (χ3n) is 3.81. The predicted octanol–water partition coefficient (Wildman–Crippen LogP) is 3.56. The summed E-state index contributed by atoms with van der Waals surface area (Å²) >= 11 is 0. The van der Waals surface area contributed by atoms with E-state index in [9.17, 15) is 12.8 Å². The number of sulfonamides is 1. The van der Waals surface area contributed by atoms with Crippen LogP contribution < -0.4 is 4.72 Å². The second kappa shape index (κ2) is 6.23. The van der Waals surface area contributed by atoms with E-state index in [0.717, 1.165) is 17.7 Å². The van der Waals surface area contributed by atoms with E-state index in [4.69, 9.17) is 0 Å². The molecule has 2 N–H and O–H groups in total. The Kier molecular flexibility index (Phi) is 3.89. The number of hydrogen-bond acceptors (Lipinski definition) is 4. The van der Waals surface area contributed by atoms with Crippen molar-refractivity contribution in [3.8, 4) is 11.4 Å². The van der Waals surface area contributed by atoms with Crippen molar-refractivity contribution in [2.75, 3.05) is 4.72 Å². The lowest BCUT2D eigenvalue weighted by Crippen LogP contribution is -2.12. The molecule has 0 atom stereocenters. The van der Waals surface area contributed by atoms with E-state index in [1.54, 1.807) is 30.6 Å². The molecule has 26 heavy (non-hydrogen) atoms. The summed E-state index contributed by atoms with van der Waals surface area (Å²) in [5.41, 5.74) is 2.66. The highest BCUT2D eigenvalue weighted by molar-refractivity contribution is 7.92. The number of anilines is 1. The van der Waals surface area contributed by atoms with E-state index in [0.29, 0.717) is 22.5 Å². The van der Waals surface area contributed by atoms with Crippen LogP contribution in [0.15, 0.2) is 71.9 Å². The Balaban J connectivity index is 1.66. The average molecular weight is 368 g/mol. The number of nitrogens with zero attached hydrogens (tertiary/aromatic N) is 2. The molecule has 0 aliphatic carbocycles. The van der Waals surface area contributed by atoms with E-state index in [-0.39, 0.29) is 4.90 Å². The van der Waals surface area contributed by atoms with Gasteiger partial charge in [0.25, 0.3) is 10.0 Å². The van der Waals surface area contributed by atoms with Crippen molar-refractivity contribution in [3.63, 3.8) is 0 Å². The standard InChI is InChI=1S/C18H13FN4O2S/c19-13-1-4-15(5-2-13)26(24,25)23-14-3-6-16-17(11-14)22-18(21-16)12-7-9-20-10-8-12/h1-11,23H,(H,21,22). The van der Waals surface area contributed by atoms with Gasteiger partial charge >= 0.3 is 0 Å². The molecular weight excluding hydrogens is 355 g/mol. The van der Waals surface area contributed by atoms with Crippen molar-refractivity contribution in [2.45, 2.75) is 4.90 Å².